The second kappa shape index (κ2) is 5.51. The first-order valence-corrected chi connectivity index (χ1v) is 6.91. The predicted octanol–water partition coefficient (Wildman–Crippen LogP) is 2.11. The maximum Gasteiger partial charge on any atom is 0.253 e. The fraction of sp³-hybridized carbons (Fsp3) is 0.533. The number of hydrogen-bond acceptors (Lipinski definition) is 3. The Morgan fingerprint density at radius 2 is 2.21 bits per heavy atom. The monoisotopic (exact) mass is 261 g/mol. The Kier molecular flexibility index (Phi) is 3.98. The van der Waals surface area contributed by atoms with Gasteiger partial charge in [0.25, 0.3) is 5.91 Å². The van der Waals surface area contributed by atoms with E-state index in [9.17, 15) is 4.79 Å². The van der Waals surface area contributed by atoms with E-state index in [-0.39, 0.29) is 5.91 Å². The summed E-state index contributed by atoms with van der Waals surface area (Å²) in [5.41, 5.74) is 8.17. The Balaban J connectivity index is 2.20. The summed E-state index contributed by atoms with van der Waals surface area (Å²) in [4.78, 5) is 14.2. The quantitative estimate of drug-likeness (QED) is 0.798. The molecule has 0 aromatic heterocycles. The highest BCUT2D eigenvalue weighted by Gasteiger charge is 2.33. The van der Waals surface area contributed by atoms with Crippen molar-refractivity contribution in [3.63, 3.8) is 0 Å². The van der Waals surface area contributed by atoms with E-state index < -0.39 is 0 Å². The largest absolute Gasteiger partial charge is 0.399 e. The standard InChI is InChI=1S/C15H23N3O/c1-4-17-15(19)13-6-5-12(16)8-14(13)18(3)9-11-7-10(11)2/h5-6,8,10-11H,4,7,9,16H2,1-3H3,(H,17,19). The van der Waals surface area contributed by atoms with E-state index in [2.05, 4.69) is 17.1 Å². The molecule has 1 amide bonds. The molecule has 3 N–H and O–H groups in total. The molecule has 0 aliphatic heterocycles. The van der Waals surface area contributed by atoms with Gasteiger partial charge in [0.2, 0.25) is 0 Å². The van der Waals surface area contributed by atoms with Gasteiger partial charge in [-0.05, 0) is 43.4 Å². The molecule has 2 rings (SSSR count). The summed E-state index contributed by atoms with van der Waals surface area (Å²) in [7, 11) is 2.03. The van der Waals surface area contributed by atoms with Gasteiger partial charge in [-0.1, -0.05) is 6.92 Å². The van der Waals surface area contributed by atoms with Crippen LogP contribution < -0.4 is 16.0 Å². The van der Waals surface area contributed by atoms with Gasteiger partial charge in [-0.3, -0.25) is 4.79 Å². The number of nitrogen functional groups attached to an aromatic ring is 1. The van der Waals surface area contributed by atoms with Gasteiger partial charge in [0, 0.05) is 25.8 Å². The number of nitrogens with zero attached hydrogens (tertiary/aromatic N) is 1. The molecule has 1 aliphatic carbocycles. The topological polar surface area (TPSA) is 58.4 Å². The van der Waals surface area contributed by atoms with Crippen LogP contribution in [-0.2, 0) is 0 Å². The summed E-state index contributed by atoms with van der Waals surface area (Å²) in [6.45, 7) is 5.80. The van der Waals surface area contributed by atoms with Crippen molar-refractivity contribution in [1.82, 2.24) is 5.32 Å². The molecule has 4 heteroatoms. The molecule has 0 spiro atoms. The van der Waals surface area contributed by atoms with E-state index in [1.807, 2.05) is 26.1 Å². The molecule has 2 atom stereocenters. The maximum absolute atomic E-state index is 12.1. The molecule has 0 bridgehead atoms. The van der Waals surface area contributed by atoms with Gasteiger partial charge in [-0.25, -0.2) is 0 Å². The maximum atomic E-state index is 12.1. The molecule has 1 saturated carbocycles. The number of benzene rings is 1. The summed E-state index contributed by atoms with van der Waals surface area (Å²) >= 11 is 0. The first kappa shape index (κ1) is 13.7. The lowest BCUT2D eigenvalue weighted by atomic mass is 10.1. The van der Waals surface area contributed by atoms with Crippen LogP contribution in [0.25, 0.3) is 0 Å². The number of amides is 1. The molecule has 0 heterocycles. The van der Waals surface area contributed by atoms with Gasteiger partial charge in [-0.15, -0.1) is 0 Å². The summed E-state index contributed by atoms with van der Waals surface area (Å²) < 4.78 is 0. The second-order valence-corrected chi connectivity index (χ2v) is 5.49. The molecule has 104 valence electrons. The van der Waals surface area contributed by atoms with Crippen molar-refractivity contribution >= 4 is 17.3 Å². The first-order valence-electron chi connectivity index (χ1n) is 6.91. The zero-order chi connectivity index (χ0) is 14.0. The van der Waals surface area contributed by atoms with E-state index in [0.717, 1.165) is 24.1 Å². The first-order chi connectivity index (χ1) is 9.02. The fourth-order valence-electron chi connectivity index (χ4n) is 2.42. The zero-order valence-electron chi connectivity index (χ0n) is 11.9. The highest BCUT2D eigenvalue weighted by Crippen LogP contribution is 2.39. The SMILES string of the molecule is CCNC(=O)c1ccc(N)cc1N(C)CC1CC1C. The Morgan fingerprint density at radius 1 is 1.53 bits per heavy atom. The van der Waals surface area contributed by atoms with Gasteiger partial charge in [0.1, 0.15) is 0 Å². The van der Waals surface area contributed by atoms with Crippen LogP contribution in [0.2, 0.25) is 0 Å². The van der Waals surface area contributed by atoms with Gasteiger partial charge >= 0.3 is 0 Å². The van der Waals surface area contributed by atoms with Crippen LogP contribution in [-0.4, -0.2) is 26.0 Å². The van der Waals surface area contributed by atoms with Crippen LogP contribution in [0.5, 0.6) is 0 Å². The minimum Gasteiger partial charge on any atom is -0.399 e. The minimum atomic E-state index is -0.0341. The van der Waals surface area contributed by atoms with Crippen molar-refractivity contribution in [2.75, 3.05) is 30.8 Å². The smallest absolute Gasteiger partial charge is 0.253 e. The number of hydrogen-bond donors (Lipinski definition) is 2. The Labute approximate surface area is 115 Å². The second-order valence-electron chi connectivity index (χ2n) is 5.49. The number of carbonyl (C=O) groups is 1. The van der Waals surface area contributed by atoms with Gasteiger partial charge in [-0.2, -0.15) is 0 Å². The molecule has 0 radical (unpaired) electrons. The van der Waals surface area contributed by atoms with Crippen molar-refractivity contribution in [3.8, 4) is 0 Å². The number of anilines is 2. The van der Waals surface area contributed by atoms with E-state index in [1.165, 1.54) is 6.42 Å². The van der Waals surface area contributed by atoms with Crippen molar-refractivity contribution in [1.29, 1.82) is 0 Å². The molecular weight excluding hydrogens is 238 g/mol. The molecule has 1 aromatic carbocycles. The number of carbonyl (C=O) groups excluding carboxylic acids is 1. The van der Waals surface area contributed by atoms with Gasteiger partial charge < -0.3 is 16.0 Å². The van der Waals surface area contributed by atoms with Crippen LogP contribution in [0, 0.1) is 11.8 Å². The van der Waals surface area contributed by atoms with Gasteiger partial charge in [0.05, 0.1) is 11.3 Å². The van der Waals surface area contributed by atoms with Crippen LogP contribution in [0.3, 0.4) is 0 Å². The Bertz CT molecular complexity index is 472. The lowest BCUT2D eigenvalue weighted by Gasteiger charge is -2.22. The summed E-state index contributed by atoms with van der Waals surface area (Å²) in [5, 5.41) is 2.85. The lowest BCUT2D eigenvalue weighted by molar-refractivity contribution is 0.0956. The number of rotatable bonds is 5. The van der Waals surface area contributed by atoms with Gasteiger partial charge in [0.15, 0.2) is 0 Å². The predicted molar refractivity (Wildman–Crippen MR) is 79.4 cm³/mol. The van der Waals surface area contributed by atoms with Crippen LogP contribution >= 0.6 is 0 Å². The highest BCUT2D eigenvalue weighted by molar-refractivity contribution is 6.00. The normalized spacial score (nSPS) is 21.0. The van der Waals surface area contributed by atoms with E-state index in [0.29, 0.717) is 17.8 Å². The number of nitrogens with one attached hydrogen (secondary N) is 1. The molecule has 2 unspecified atom stereocenters. The third-order valence-corrected chi connectivity index (χ3v) is 3.80. The van der Waals surface area contributed by atoms with E-state index >= 15 is 0 Å². The summed E-state index contributed by atoms with van der Waals surface area (Å²) in [5.74, 6) is 1.51. The van der Waals surface area contributed by atoms with Crippen LogP contribution in [0.4, 0.5) is 11.4 Å². The molecular formula is C15H23N3O. The van der Waals surface area contributed by atoms with Crippen LogP contribution in [0.15, 0.2) is 18.2 Å². The third-order valence-electron chi connectivity index (χ3n) is 3.80. The minimum absolute atomic E-state index is 0.0341. The van der Waals surface area contributed by atoms with Crippen molar-refractivity contribution in [2.24, 2.45) is 11.8 Å². The lowest BCUT2D eigenvalue weighted by Crippen LogP contribution is -2.28. The molecule has 1 fully saturated rings. The third kappa shape index (κ3) is 3.19. The Morgan fingerprint density at radius 3 is 2.79 bits per heavy atom. The average molecular weight is 261 g/mol. The van der Waals surface area contributed by atoms with Crippen molar-refractivity contribution < 1.29 is 4.79 Å². The summed E-state index contributed by atoms with van der Waals surface area (Å²) in [6, 6.07) is 5.47. The van der Waals surface area contributed by atoms with Crippen molar-refractivity contribution in [2.45, 2.75) is 20.3 Å². The summed E-state index contributed by atoms with van der Waals surface area (Å²) in [6.07, 6.45) is 1.28. The molecule has 1 aliphatic rings. The highest BCUT2D eigenvalue weighted by atomic mass is 16.1. The fourth-order valence-corrected chi connectivity index (χ4v) is 2.42. The number of nitrogens with two attached hydrogens (primary N) is 1. The molecule has 0 saturated heterocycles. The zero-order valence-corrected chi connectivity index (χ0v) is 11.9. The van der Waals surface area contributed by atoms with Crippen molar-refractivity contribution in [3.05, 3.63) is 23.8 Å². The van der Waals surface area contributed by atoms with E-state index in [4.69, 9.17) is 5.73 Å². The average Bonchev–Trinajstić information content (AvgIpc) is 3.04. The Hall–Kier alpha value is -1.71. The van der Waals surface area contributed by atoms with E-state index in [1.54, 1.807) is 6.07 Å². The molecule has 4 nitrogen and oxygen atoms in total. The molecule has 19 heavy (non-hydrogen) atoms. The molecule has 1 aromatic rings. The van der Waals surface area contributed by atoms with Crippen LogP contribution in [0.1, 0.15) is 30.6 Å².